The molecule has 0 saturated carbocycles. The summed E-state index contributed by atoms with van der Waals surface area (Å²) in [6.45, 7) is 9.79. The summed E-state index contributed by atoms with van der Waals surface area (Å²) in [4.78, 5) is 14.6. The number of carbonyl (C=O) groups excluding carboxylic acids is 1. The molecule has 0 radical (unpaired) electrons. The van der Waals surface area contributed by atoms with Crippen molar-refractivity contribution in [2.24, 2.45) is 5.92 Å². The normalized spacial score (nSPS) is 15.0. The lowest BCUT2D eigenvalue weighted by molar-refractivity contribution is -0.249. The number of unbranched alkanes of at least 4 members (excludes halogenated alkanes) is 1. The van der Waals surface area contributed by atoms with Crippen LogP contribution < -0.4 is 0 Å². The summed E-state index contributed by atoms with van der Waals surface area (Å²) in [5.41, 5.74) is -0.431. The van der Waals surface area contributed by atoms with Crippen molar-refractivity contribution in [1.29, 1.82) is 0 Å². The Morgan fingerprint density at radius 1 is 1.28 bits per heavy atom. The van der Waals surface area contributed by atoms with Gasteiger partial charge in [0.1, 0.15) is 0 Å². The first kappa shape index (κ1) is 17.2. The Morgan fingerprint density at radius 2 is 1.89 bits per heavy atom. The van der Waals surface area contributed by atoms with Gasteiger partial charge in [-0.1, -0.05) is 26.7 Å². The first-order valence-corrected chi connectivity index (χ1v) is 6.53. The van der Waals surface area contributed by atoms with Gasteiger partial charge < -0.3 is 9.47 Å². The van der Waals surface area contributed by atoms with Crippen LogP contribution in [0.2, 0.25) is 0 Å². The van der Waals surface area contributed by atoms with Crippen LogP contribution in [0, 0.1) is 5.92 Å². The third-order valence-corrected chi connectivity index (χ3v) is 2.59. The van der Waals surface area contributed by atoms with Crippen molar-refractivity contribution in [2.75, 3.05) is 0 Å². The van der Waals surface area contributed by atoms with Gasteiger partial charge in [0.2, 0.25) is 6.29 Å². The predicted molar refractivity (Wildman–Crippen MR) is 68.1 cm³/mol. The van der Waals surface area contributed by atoms with E-state index in [-0.39, 0.29) is 5.92 Å². The Morgan fingerprint density at radius 3 is 2.28 bits per heavy atom. The highest BCUT2D eigenvalue weighted by atomic mass is 17.2. The fraction of sp³-hybridized carbons (Fsp3) is 0.923. The average Bonchev–Trinajstić information content (AvgIpc) is 2.27. The summed E-state index contributed by atoms with van der Waals surface area (Å²) in [5, 5.41) is 8.28. The van der Waals surface area contributed by atoms with Gasteiger partial charge in [0.05, 0.1) is 5.60 Å². The quantitative estimate of drug-likeness (QED) is 0.325. The Kier molecular flexibility index (Phi) is 7.95. The van der Waals surface area contributed by atoms with Crippen molar-refractivity contribution in [2.45, 2.75) is 72.2 Å². The van der Waals surface area contributed by atoms with Crippen molar-refractivity contribution in [3.05, 3.63) is 0 Å². The second-order valence-corrected chi connectivity index (χ2v) is 5.37. The Labute approximate surface area is 109 Å². The number of rotatable bonds is 7. The van der Waals surface area contributed by atoms with Crippen LogP contribution in [0.5, 0.6) is 0 Å². The third kappa shape index (κ3) is 7.50. The highest BCUT2D eigenvalue weighted by Gasteiger charge is 2.29. The zero-order chi connectivity index (χ0) is 14.2. The molecule has 2 unspecified atom stereocenters. The molecular weight excluding hydrogens is 236 g/mol. The van der Waals surface area contributed by atoms with Crippen molar-refractivity contribution in [1.82, 2.24) is 0 Å². The second kappa shape index (κ2) is 8.32. The van der Waals surface area contributed by atoms with Gasteiger partial charge in [-0.25, -0.2) is 4.79 Å². The number of hydrogen-bond acceptors (Lipinski definition) is 5. The number of carbonyl (C=O) groups is 1. The van der Waals surface area contributed by atoms with Crippen molar-refractivity contribution in [3.63, 3.8) is 0 Å². The van der Waals surface area contributed by atoms with E-state index in [1.165, 1.54) is 0 Å². The van der Waals surface area contributed by atoms with Gasteiger partial charge >= 0.3 is 6.16 Å². The van der Waals surface area contributed by atoms with Crippen molar-refractivity contribution < 1.29 is 24.4 Å². The van der Waals surface area contributed by atoms with E-state index in [1.54, 1.807) is 0 Å². The number of hydrogen-bond donors (Lipinski definition) is 1. The van der Waals surface area contributed by atoms with Gasteiger partial charge in [-0.3, -0.25) is 4.89 Å². The molecule has 108 valence electrons. The monoisotopic (exact) mass is 262 g/mol. The molecule has 0 aliphatic carbocycles. The maximum absolute atomic E-state index is 11.0. The lowest BCUT2D eigenvalue weighted by Gasteiger charge is -2.31. The van der Waals surface area contributed by atoms with E-state index >= 15 is 0 Å². The molecule has 0 heterocycles. The summed E-state index contributed by atoms with van der Waals surface area (Å²) >= 11 is 0. The largest absolute Gasteiger partial charge is 0.542 e. The maximum Gasteiger partial charge on any atom is 0.542 e. The Bertz CT molecular complexity index is 234. The van der Waals surface area contributed by atoms with Gasteiger partial charge in [-0.05, 0) is 33.6 Å². The van der Waals surface area contributed by atoms with Gasteiger partial charge in [-0.2, -0.15) is 5.26 Å². The molecule has 2 atom stereocenters. The van der Waals surface area contributed by atoms with Crippen LogP contribution in [0.15, 0.2) is 0 Å². The summed E-state index contributed by atoms with van der Waals surface area (Å²) in [5.74, 6) is 0.100. The van der Waals surface area contributed by atoms with E-state index in [0.717, 1.165) is 25.7 Å². The highest BCUT2D eigenvalue weighted by Crippen LogP contribution is 2.25. The van der Waals surface area contributed by atoms with Gasteiger partial charge in [0.15, 0.2) is 0 Å². The molecule has 0 aromatic heterocycles. The van der Waals surface area contributed by atoms with E-state index in [4.69, 9.17) is 14.7 Å². The Hall–Kier alpha value is -0.810. The molecule has 0 saturated heterocycles. The van der Waals surface area contributed by atoms with E-state index in [0.29, 0.717) is 0 Å². The highest BCUT2D eigenvalue weighted by molar-refractivity contribution is 5.58. The first-order chi connectivity index (χ1) is 8.34. The summed E-state index contributed by atoms with van der Waals surface area (Å²) in [7, 11) is 0. The first-order valence-electron chi connectivity index (χ1n) is 6.53. The molecule has 0 aromatic rings. The minimum atomic E-state index is -1.13. The van der Waals surface area contributed by atoms with Gasteiger partial charge in [0.25, 0.3) is 0 Å². The van der Waals surface area contributed by atoms with Crippen LogP contribution in [0.3, 0.4) is 0 Å². The van der Waals surface area contributed by atoms with E-state index in [9.17, 15) is 4.79 Å². The molecule has 18 heavy (non-hydrogen) atoms. The topological polar surface area (TPSA) is 65.0 Å². The van der Waals surface area contributed by atoms with Crippen molar-refractivity contribution in [3.8, 4) is 0 Å². The number of ether oxygens (including phenoxy) is 2. The van der Waals surface area contributed by atoms with Crippen LogP contribution in [0.4, 0.5) is 4.79 Å². The lowest BCUT2D eigenvalue weighted by Crippen LogP contribution is -2.36. The van der Waals surface area contributed by atoms with Crippen LogP contribution in [-0.4, -0.2) is 23.3 Å². The van der Waals surface area contributed by atoms with Gasteiger partial charge in [-0.15, -0.1) is 0 Å². The van der Waals surface area contributed by atoms with E-state index < -0.39 is 18.0 Å². The third-order valence-electron chi connectivity index (χ3n) is 2.59. The molecule has 5 heteroatoms. The molecular formula is C13H26O5. The minimum absolute atomic E-state index is 0.100. The fourth-order valence-electron chi connectivity index (χ4n) is 1.68. The molecule has 0 amide bonds. The zero-order valence-corrected chi connectivity index (χ0v) is 12.1. The molecule has 0 rings (SSSR count). The van der Waals surface area contributed by atoms with Gasteiger partial charge in [0, 0.05) is 5.92 Å². The summed E-state index contributed by atoms with van der Waals surface area (Å²) in [6.07, 6.45) is 2.04. The SMILES string of the molecule is CCCCC(CC)C(OC(=O)OO)OC(C)(C)C. The van der Waals surface area contributed by atoms with Crippen LogP contribution >= 0.6 is 0 Å². The predicted octanol–water partition coefficient (Wildman–Crippen LogP) is 3.97. The lowest BCUT2D eigenvalue weighted by atomic mass is 9.98. The van der Waals surface area contributed by atoms with Crippen LogP contribution in [0.1, 0.15) is 60.3 Å². The molecule has 0 bridgehead atoms. The van der Waals surface area contributed by atoms with E-state index in [2.05, 4.69) is 11.8 Å². The molecule has 1 N–H and O–H groups in total. The minimum Gasteiger partial charge on any atom is -0.402 e. The summed E-state index contributed by atoms with van der Waals surface area (Å²) in [6, 6.07) is 0. The van der Waals surface area contributed by atoms with Crippen molar-refractivity contribution >= 4 is 6.16 Å². The molecule has 0 aliphatic heterocycles. The summed E-state index contributed by atoms with van der Waals surface area (Å²) < 4.78 is 10.7. The molecule has 0 aromatic carbocycles. The Balaban J connectivity index is 4.64. The second-order valence-electron chi connectivity index (χ2n) is 5.37. The maximum atomic E-state index is 11.0. The average molecular weight is 262 g/mol. The molecule has 0 spiro atoms. The smallest absolute Gasteiger partial charge is 0.402 e. The molecule has 5 nitrogen and oxygen atoms in total. The van der Waals surface area contributed by atoms with Crippen LogP contribution in [-0.2, 0) is 14.4 Å². The molecule has 0 aliphatic rings. The fourth-order valence-corrected chi connectivity index (χ4v) is 1.68. The molecule has 0 fully saturated rings. The van der Waals surface area contributed by atoms with Crippen LogP contribution in [0.25, 0.3) is 0 Å². The van der Waals surface area contributed by atoms with E-state index in [1.807, 2.05) is 27.7 Å². The standard InChI is InChI=1S/C13H26O5/c1-6-8-9-10(7-2)11(16-12(14)18-15)17-13(3,4)5/h10-11,15H,6-9H2,1-5H3. The zero-order valence-electron chi connectivity index (χ0n) is 12.1.